The molecule has 0 atom stereocenters. The number of amides is 1. The summed E-state index contributed by atoms with van der Waals surface area (Å²) in [5.41, 5.74) is 5.62. The van der Waals surface area contributed by atoms with Crippen molar-refractivity contribution in [3.63, 3.8) is 0 Å². The number of phenols is 1. The molecule has 1 aliphatic heterocycles. The molecule has 23 heavy (non-hydrogen) atoms. The fraction of sp³-hybridized carbons (Fsp3) is 0.588. The van der Waals surface area contributed by atoms with Crippen LogP contribution >= 0.6 is 0 Å². The standard InChI is InChI=1S/C17H26N2O4/c1-17(2,3)23-16(21)19-8-6-12(7-9-19)11-22-15-5-4-13(18)10-14(15)20/h4-5,10,12,20H,6-9,11,18H2,1-3H3. The third-order valence-corrected chi connectivity index (χ3v) is 3.72. The van der Waals surface area contributed by atoms with Gasteiger partial charge in [0.15, 0.2) is 11.5 Å². The Hall–Kier alpha value is -2.11. The van der Waals surface area contributed by atoms with Crippen molar-refractivity contribution in [3.05, 3.63) is 18.2 Å². The van der Waals surface area contributed by atoms with Crippen LogP contribution in [0.25, 0.3) is 0 Å². The highest BCUT2D eigenvalue weighted by Crippen LogP contribution is 2.29. The highest BCUT2D eigenvalue weighted by Gasteiger charge is 2.27. The number of benzene rings is 1. The van der Waals surface area contributed by atoms with Crippen molar-refractivity contribution < 1.29 is 19.4 Å². The predicted molar refractivity (Wildman–Crippen MR) is 88.5 cm³/mol. The number of aromatic hydroxyl groups is 1. The summed E-state index contributed by atoms with van der Waals surface area (Å²) in [5, 5.41) is 9.77. The minimum absolute atomic E-state index is 0.0520. The van der Waals surface area contributed by atoms with Gasteiger partial charge in [0.2, 0.25) is 0 Å². The molecule has 1 saturated heterocycles. The van der Waals surface area contributed by atoms with Gasteiger partial charge >= 0.3 is 6.09 Å². The number of piperidine rings is 1. The zero-order chi connectivity index (χ0) is 17.0. The van der Waals surface area contributed by atoms with Crippen molar-refractivity contribution in [2.45, 2.75) is 39.2 Å². The number of nitrogens with zero attached hydrogens (tertiary/aromatic N) is 1. The Morgan fingerprint density at radius 3 is 2.57 bits per heavy atom. The average molecular weight is 322 g/mol. The van der Waals surface area contributed by atoms with Gasteiger partial charge in [-0.15, -0.1) is 0 Å². The van der Waals surface area contributed by atoms with Gasteiger partial charge in [0.05, 0.1) is 6.61 Å². The minimum Gasteiger partial charge on any atom is -0.504 e. The molecule has 0 unspecified atom stereocenters. The molecule has 0 bridgehead atoms. The van der Waals surface area contributed by atoms with Crippen molar-refractivity contribution in [2.24, 2.45) is 5.92 Å². The van der Waals surface area contributed by atoms with Gasteiger partial charge in [0, 0.05) is 24.8 Å². The Morgan fingerprint density at radius 1 is 1.35 bits per heavy atom. The van der Waals surface area contributed by atoms with Gasteiger partial charge in [-0.3, -0.25) is 0 Å². The van der Waals surface area contributed by atoms with Gasteiger partial charge in [-0.2, -0.15) is 0 Å². The van der Waals surface area contributed by atoms with Crippen LogP contribution in [0, 0.1) is 5.92 Å². The third kappa shape index (κ3) is 5.23. The maximum absolute atomic E-state index is 12.0. The highest BCUT2D eigenvalue weighted by molar-refractivity contribution is 5.68. The van der Waals surface area contributed by atoms with Crippen LogP contribution in [-0.4, -0.2) is 41.4 Å². The van der Waals surface area contributed by atoms with E-state index in [-0.39, 0.29) is 11.8 Å². The zero-order valence-corrected chi connectivity index (χ0v) is 14.0. The fourth-order valence-corrected chi connectivity index (χ4v) is 2.47. The van der Waals surface area contributed by atoms with Crippen molar-refractivity contribution in [2.75, 3.05) is 25.4 Å². The number of phenolic OH excluding ortho intramolecular Hbond substituents is 1. The van der Waals surface area contributed by atoms with E-state index in [0.717, 1.165) is 12.8 Å². The van der Waals surface area contributed by atoms with Gasteiger partial charge in [-0.05, 0) is 51.7 Å². The first kappa shape index (κ1) is 17.2. The lowest BCUT2D eigenvalue weighted by atomic mass is 9.98. The summed E-state index contributed by atoms with van der Waals surface area (Å²) in [6.45, 7) is 7.44. The van der Waals surface area contributed by atoms with Crippen molar-refractivity contribution in [3.8, 4) is 11.5 Å². The first-order valence-corrected chi connectivity index (χ1v) is 7.94. The van der Waals surface area contributed by atoms with Crippen LogP contribution in [0.2, 0.25) is 0 Å². The summed E-state index contributed by atoms with van der Waals surface area (Å²) in [6, 6.07) is 4.83. The van der Waals surface area contributed by atoms with E-state index in [1.807, 2.05) is 20.8 Å². The molecule has 6 heteroatoms. The first-order chi connectivity index (χ1) is 10.7. The number of nitrogens with two attached hydrogens (primary N) is 1. The van der Waals surface area contributed by atoms with Crippen LogP contribution in [0.1, 0.15) is 33.6 Å². The molecular formula is C17H26N2O4. The number of hydrogen-bond acceptors (Lipinski definition) is 5. The Kier molecular flexibility index (Phi) is 5.23. The smallest absolute Gasteiger partial charge is 0.410 e. The van der Waals surface area contributed by atoms with Crippen molar-refractivity contribution in [1.82, 2.24) is 4.90 Å². The van der Waals surface area contributed by atoms with E-state index in [1.54, 1.807) is 17.0 Å². The number of nitrogen functional groups attached to an aromatic ring is 1. The second-order valence-corrected chi connectivity index (χ2v) is 6.95. The highest BCUT2D eigenvalue weighted by atomic mass is 16.6. The molecule has 1 fully saturated rings. The normalized spacial score (nSPS) is 16.2. The Labute approximate surface area is 137 Å². The Balaban J connectivity index is 1.77. The number of hydrogen-bond donors (Lipinski definition) is 2. The van der Waals surface area contributed by atoms with E-state index < -0.39 is 5.60 Å². The van der Waals surface area contributed by atoms with Crippen molar-refractivity contribution in [1.29, 1.82) is 0 Å². The number of ether oxygens (including phenoxy) is 2. The molecule has 1 aromatic carbocycles. The van der Waals surface area contributed by atoms with E-state index in [2.05, 4.69) is 0 Å². The number of carbonyl (C=O) groups excluding carboxylic acids is 1. The Bertz CT molecular complexity index is 546. The monoisotopic (exact) mass is 322 g/mol. The number of rotatable bonds is 3. The number of anilines is 1. The molecule has 2 rings (SSSR count). The quantitative estimate of drug-likeness (QED) is 0.836. The van der Waals surface area contributed by atoms with Crippen molar-refractivity contribution >= 4 is 11.8 Å². The van der Waals surface area contributed by atoms with Gasteiger partial charge in [0.1, 0.15) is 5.60 Å². The van der Waals surface area contributed by atoms with Gasteiger partial charge < -0.3 is 25.2 Å². The van der Waals surface area contributed by atoms with Gasteiger partial charge in [0.25, 0.3) is 0 Å². The molecule has 1 heterocycles. The van der Waals surface area contributed by atoms with Crippen LogP contribution in [0.3, 0.4) is 0 Å². The second-order valence-electron chi connectivity index (χ2n) is 6.95. The molecule has 1 amide bonds. The maximum atomic E-state index is 12.0. The molecule has 0 aromatic heterocycles. The zero-order valence-electron chi connectivity index (χ0n) is 14.0. The third-order valence-electron chi connectivity index (χ3n) is 3.72. The molecule has 3 N–H and O–H groups in total. The van der Waals surface area contributed by atoms with E-state index in [0.29, 0.717) is 37.1 Å². The summed E-state index contributed by atoms with van der Waals surface area (Å²) in [5.74, 6) is 0.843. The SMILES string of the molecule is CC(C)(C)OC(=O)N1CCC(COc2ccc(N)cc2O)CC1. The summed E-state index contributed by atoms with van der Waals surface area (Å²) in [6.07, 6.45) is 1.46. The first-order valence-electron chi connectivity index (χ1n) is 7.94. The largest absolute Gasteiger partial charge is 0.504 e. The summed E-state index contributed by atoms with van der Waals surface area (Å²) < 4.78 is 11.0. The summed E-state index contributed by atoms with van der Waals surface area (Å²) in [7, 11) is 0. The molecule has 0 saturated carbocycles. The molecule has 0 spiro atoms. The van der Waals surface area contributed by atoms with Crippen LogP contribution in [0.4, 0.5) is 10.5 Å². The molecular weight excluding hydrogens is 296 g/mol. The number of likely N-dealkylation sites (tertiary alicyclic amines) is 1. The van der Waals surface area contributed by atoms with E-state index in [9.17, 15) is 9.90 Å². The lowest BCUT2D eigenvalue weighted by molar-refractivity contribution is 0.0164. The van der Waals surface area contributed by atoms with Crippen LogP contribution in [-0.2, 0) is 4.74 Å². The van der Waals surface area contributed by atoms with Gasteiger partial charge in [-0.1, -0.05) is 0 Å². The summed E-state index contributed by atoms with van der Waals surface area (Å²) >= 11 is 0. The van der Waals surface area contributed by atoms with Gasteiger partial charge in [-0.25, -0.2) is 4.79 Å². The molecule has 0 aliphatic carbocycles. The second kappa shape index (κ2) is 6.98. The van der Waals surface area contributed by atoms with E-state index in [4.69, 9.17) is 15.2 Å². The van der Waals surface area contributed by atoms with E-state index >= 15 is 0 Å². The van der Waals surface area contributed by atoms with Crippen LogP contribution in [0.15, 0.2) is 18.2 Å². The molecule has 1 aromatic rings. The minimum atomic E-state index is -0.469. The Morgan fingerprint density at radius 2 is 2.00 bits per heavy atom. The molecule has 128 valence electrons. The lowest BCUT2D eigenvalue weighted by Crippen LogP contribution is -2.42. The topological polar surface area (TPSA) is 85.0 Å². The number of carbonyl (C=O) groups is 1. The van der Waals surface area contributed by atoms with E-state index in [1.165, 1.54) is 6.07 Å². The average Bonchev–Trinajstić information content (AvgIpc) is 2.45. The summed E-state index contributed by atoms with van der Waals surface area (Å²) in [4.78, 5) is 13.7. The lowest BCUT2D eigenvalue weighted by Gasteiger charge is -2.33. The van der Waals surface area contributed by atoms with Crippen LogP contribution < -0.4 is 10.5 Å². The molecule has 1 aliphatic rings. The van der Waals surface area contributed by atoms with Crippen LogP contribution in [0.5, 0.6) is 11.5 Å². The predicted octanol–water partition coefficient (Wildman–Crippen LogP) is 3.00. The maximum Gasteiger partial charge on any atom is 0.410 e. The fourth-order valence-electron chi connectivity index (χ4n) is 2.47. The molecule has 6 nitrogen and oxygen atoms in total. The molecule has 0 radical (unpaired) electrons.